The first-order chi connectivity index (χ1) is 12.3. The number of hydrogen-bond acceptors (Lipinski definition) is 8. The largest absolute Gasteiger partial charge is 0.464 e. The van der Waals surface area contributed by atoms with E-state index in [2.05, 4.69) is 20.3 Å². The highest BCUT2D eigenvalue weighted by molar-refractivity contribution is 7.21. The van der Waals surface area contributed by atoms with Gasteiger partial charge < -0.3 is 9.72 Å². The minimum atomic E-state index is -0.542. The van der Waals surface area contributed by atoms with Crippen molar-refractivity contribution in [2.45, 2.75) is 26.7 Å². The van der Waals surface area contributed by atoms with E-state index >= 15 is 0 Å². The standard InChI is InChI=1S/C16H16N4O4S2/c1-6(2)10-9(15(23)24-4)19-16(26-10)20-13(22)11-7(3)8-12(21)17-5-18-14(8)25-11/h5-6H,1-4H3,(H,17,18,21)(H,19,20,22). The molecule has 3 rings (SSSR count). The molecule has 3 aromatic rings. The van der Waals surface area contributed by atoms with E-state index < -0.39 is 11.9 Å². The molecule has 0 saturated carbocycles. The Morgan fingerprint density at radius 2 is 2.04 bits per heavy atom. The molecule has 3 aromatic heterocycles. The van der Waals surface area contributed by atoms with Gasteiger partial charge >= 0.3 is 5.97 Å². The quantitative estimate of drug-likeness (QED) is 0.660. The van der Waals surface area contributed by atoms with Gasteiger partial charge in [0.1, 0.15) is 4.83 Å². The first-order valence-corrected chi connectivity index (χ1v) is 9.34. The highest BCUT2D eigenvalue weighted by Gasteiger charge is 2.24. The van der Waals surface area contributed by atoms with E-state index in [1.165, 1.54) is 24.8 Å². The number of esters is 1. The Morgan fingerprint density at radius 1 is 1.31 bits per heavy atom. The summed E-state index contributed by atoms with van der Waals surface area (Å²) in [7, 11) is 1.29. The molecule has 0 aliphatic rings. The summed E-state index contributed by atoms with van der Waals surface area (Å²) in [6.45, 7) is 5.56. The average Bonchev–Trinajstić information content (AvgIpc) is 3.16. The van der Waals surface area contributed by atoms with Crippen molar-refractivity contribution in [2.24, 2.45) is 0 Å². The smallest absolute Gasteiger partial charge is 0.357 e. The van der Waals surface area contributed by atoms with E-state index in [9.17, 15) is 14.4 Å². The lowest BCUT2D eigenvalue weighted by Gasteiger charge is -2.02. The van der Waals surface area contributed by atoms with Crippen molar-refractivity contribution in [3.63, 3.8) is 0 Å². The summed E-state index contributed by atoms with van der Waals surface area (Å²) in [5.41, 5.74) is 0.478. The number of methoxy groups -OCH3 is 1. The van der Waals surface area contributed by atoms with Gasteiger partial charge in [0.05, 0.1) is 23.7 Å². The molecule has 0 fully saturated rings. The Balaban J connectivity index is 1.96. The maximum atomic E-state index is 12.7. The second-order valence-electron chi connectivity index (χ2n) is 5.80. The summed E-state index contributed by atoms with van der Waals surface area (Å²) in [4.78, 5) is 48.9. The second kappa shape index (κ2) is 6.96. The number of fused-ring (bicyclic) bond motifs is 1. The number of thiazole rings is 1. The van der Waals surface area contributed by atoms with Crippen molar-refractivity contribution in [1.82, 2.24) is 15.0 Å². The number of ether oxygens (including phenoxy) is 1. The van der Waals surface area contributed by atoms with Gasteiger partial charge in [-0.1, -0.05) is 13.8 Å². The van der Waals surface area contributed by atoms with Crippen LogP contribution in [0, 0.1) is 6.92 Å². The van der Waals surface area contributed by atoms with Crippen LogP contribution >= 0.6 is 22.7 Å². The molecule has 0 aliphatic carbocycles. The molecule has 2 N–H and O–H groups in total. The number of carbonyl (C=O) groups excluding carboxylic acids is 2. The molecular weight excluding hydrogens is 376 g/mol. The average molecular weight is 392 g/mol. The summed E-state index contributed by atoms with van der Waals surface area (Å²) in [6.07, 6.45) is 1.31. The lowest BCUT2D eigenvalue weighted by atomic mass is 10.1. The molecular formula is C16H16N4O4S2. The third kappa shape index (κ3) is 3.13. The van der Waals surface area contributed by atoms with Crippen molar-refractivity contribution in [1.29, 1.82) is 0 Å². The number of rotatable bonds is 4. The topological polar surface area (TPSA) is 114 Å². The number of carbonyl (C=O) groups is 2. The number of H-pyrrole nitrogens is 1. The predicted octanol–water partition coefficient (Wildman–Crippen LogP) is 2.91. The third-order valence-corrected chi connectivity index (χ3v) is 6.19. The molecule has 0 aliphatic heterocycles. The summed E-state index contributed by atoms with van der Waals surface area (Å²) in [5, 5.41) is 3.41. The second-order valence-corrected chi connectivity index (χ2v) is 7.83. The zero-order chi connectivity index (χ0) is 19.0. The molecule has 1 amide bonds. The van der Waals surface area contributed by atoms with Gasteiger partial charge in [0.2, 0.25) is 0 Å². The van der Waals surface area contributed by atoms with Gasteiger partial charge in [-0.3, -0.25) is 14.9 Å². The van der Waals surface area contributed by atoms with Gasteiger partial charge in [0.25, 0.3) is 11.5 Å². The van der Waals surface area contributed by atoms with Gasteiger partial charge in [-0.25, -0.2) is 14.8 Å². The van der Waals surface area contributed by atoms with E-state index in [1.807, 2.05) is 13.8 Å². The maximum Gasteiger partial charge on any atom is 0.357 e. The number of aromatic nitrogens is 3. The number of aryl methyl sites for hydroxylation is 1. The molecule has 0 saturated heterocycles. The van der Waals surface area contributed by atoms with Gasteiger partial charge in [0, 0.05) is 4.88 Å². The van der Waals surface area contributed by atoms with Crippen molar-refractivity contribution in [2.75, 3.05) is 12.4 Å². The van der Waals surface area contributed by atoms with Crippen molar-refractivity contribution >= 4 is 49.9 Å². The van der Waals surface area contributed by atoms with Crippen LogP contribution in [0.5, 0.6) is 0 Å². The molecule has 0 spiro atoms. The van der Waals surface area contributed by atoms with Crippen LogP contribution in [0.3, 0.4) is 0 Å². The van der Waals surface area contributed by atoms with Crippen LogP contribution in [0.25, 0.3) is 10.2 Å². The summed E-state index contributed by atoms with van der Waals surface area (Å²) in [5.74, 6) is -0.884. The number of anilines is 1. The number of hydrogen-bond donors (Lipinski definition) is 2. The molecule has 0 unspecified atom stereocenters. The Kier molecular flexibility index (Phi) is 4.88. The van der Waals surface area contributed by atoms with Crippen LogP contribution in [-0.2, 0) is 4.74 Å². The number of nitrogens with one attached hydrogen (secondary N) is 2. The van der Waals surface area contributed by atoms with E-state index in [-0.39, 0.29) is 17.2 Å². The fourth-order valence-corrected chi connectivity index (χ4v) is 4.46. The molecule has 0 atom stereocenters. The minimum absolute atomic E-state index is 0.0565. The molecule has 0 radical (unpaired) electrons. The van der Waals surface area contributed by atoms with Gasteiger partial charge in [-0.2, -0.15) is 0 Å². The van der Waals surface area contributed by atoms with Crippen LogP contribution in [0.4, 0.5) is 5.13 Å². The lowest BCUT2D eigenvalue weighted by molar-refractivity contribution is 0.0593. The molecule has 8 nitrogen and oxygen atoms in total. The lowest BCUT2D eigenvalue weighted by Crippen LogP contribution is -2.12. The SMILES string of the molecule is COC(=O)c1nc(NC(=O)c2sc3nc[nH]c(=O)c3c2C)sc1C(C)C. The van der Waals surface area contributed by atoms with Crippen LogP contribution in [0.1, 0.15) is 50.4 Å². The summed E-state index contributed by atoms with van der Waals surface area (Å²) >= 11 is 2.36. The maximum absolute atomic E-state index is 12.7. The Bertz CT molecular complexity index is 1060. The van der Waals surface area contributed by atoms with E-state index in [0.717, 1.165) is 16.2 Å². The minimum Gasteiger partial charge on any atom is -0.464 e. The van der Waals surface area contributed by atoms with Crippen LogP contribution in [0.15, 0.2) is 11.1 Å². The van der Waals surface area contributed by atoms with Crippen LogP contribution in [-0.4, -0.2) is 33.9 Å². The molecule has 136 valence electrons. The highest BCUT2D eigenvalue weighted by Crippen LogP contribution is 2.32. The van der Waals surface area contributed by atoms with Crippen LogP contribution in [0.2, 0.25) is 0 Å². The van der Waals surface area contributed by atoms with Crippen molar-refractivity contribution in [3.05, 3.63) is 37.7 Å². The first-order valence-electron chi connectivity index (χ1n) is 7.70. The van der Waals surface area contributed by atoms with Gasteiger partial charge in [-0.05, 0) is 18.4 Å². The van der Waals surface area contributed by atoms with E-state index in [1.54, 1.807) is 6.92 Å². The number of aromatic amines is 1. The summed E-state index contributed by atoms with van der Waals surface area (Å²) in [6, 6.07) is 0. The molecule has 0 bridgehead atoms. The van der Waals surface area contributed by atoms with E-state index in [4.69, 9.17) is 4.74 Å². The summed E-state index contributed by atoms with van der Waals surface area (Å²) < 4.78 is 4.75. The zero-order valence-electron chi connectivity index (χ0n) is 14.5. The molecule has 3 heterocycles. The Labute approximate surface area is 156 Å². The highest BCUT2D eigenvalue weighted by atomic mass is 32.1. The van der Waals surface area contributed by atoms with Gasteiger partial charge in [-0.15, -0.1) is 22.7 Å². The Hall–Kier alpha value is -2.59. The predicted molar refractivity (Wildman–Crippen MR) is 100 cm³/mol. The molecule has 26 heavy (non-hydrogen) atoms. The number of amides is 1. The monoisotopic (exact) mass is 392 g/mol. The number of thiophene rings is 1. The zero-order valence-corrected chi connectivity index (χ0v) is 16.1. The normalized spacial score (nSPS) is 11.1. The Morgan fingerprint density at radius 3 is 2.65 bits per heavy atom. The fourth-order valence-electron chi connectivity index (χ4n) is 2.47. The molecule has 0 aromatic carbocycles. The van der Waals surface area contributed by atoms with Crippen molar-refractivity contribution < 1.29 is 14.3 Å². The molecule has 10 heteroatoms. The van der Waals surface area contributed by atoms with Crippen molar-refractivity contribution in [3.8, 4) is 0 Å². The van der Waals surface area contributed by atoms with Crippen LogP contribution < -0.4 is 10.9 Å². The number of nitrogens with zero attached hydrogens (tertiary/aromatic N) is 2. The fraction of sp³-hybridized carbons (Fsp3) is 0.312. The van der Waals surface area contributed by atoms with E-state index in [0.29, 0.717) is 25.8 Å². The third-order valence-electron chi connectivity index (χ3n) is 3.72. The van der Waals surface area contributed by atoms with Gasteiger partial charge in [0.15, 0.2) is 10.8 Å². The first kappa shape index (κ1) is 18.2.